The first kappa shape index (κ1) is 24.8. The molecular weight excluding hydrogens is 388 g/mol. The molecular formula is C30H54N2. The van der Waals surface area contributed by atoms with E-state index in [9.17, 15) is 0 Å². The molecule has 0 bridgehead atoms. The number of hydrogen-bond donors (Lipinski definition) is 2. The molecule has 184 valence electrons. The molecule has 0 amide bonds. The van der Waals surface area contributed by atoms with Gasteiger partial charge >= 0.3 is 0 Å². The third-order valence-electron chi connectivity index (χ3n) is 12.3. The lowest BCUT2D eigenvalue weighted by atomic mass is 9.38. The molecule has 4 saturated carbocycles. The Bertz CT molecular complexity index is 672. The Labute approximate surface area is 199 Å². The molecule has 0 aromatic carbocycles. The summed E-state index contributed by atoms with van der Waals surface area (Å²) in [6, 6.07) is 0.679. The molecule has 0 aliphatic heterocycles. The van der Waals surface area contributed by atoms with Gasteiger partial charge in [-0.25, -0.2) is 0 Å². The number of rotatable bonds is 8. The fourth-order valence-electron chi connectivity index (χ4n) is 9.88. The summed E-state index contributed by atoms with van der Waals surface area (Å²) in [5.74, 6) is 4.72. The van der Waals surface area contributed by atoms with Crippen LogP contribution in [-0.2, 0) is 0 Å². The smallest absolute Gasteiger partial charge is 0.00770 e. The van der Waals surface area contributed by atoms with E-state index in [0.29, 0.717) is 22.3 Å². The fraction of sp³-hybridized carbons (Fsp3) is 0.933. The van der Waals surface area contributed by atoms with Crippen molar-refractivity contribution in [2.75, 3.05) is 13.1 Å². The van der Waals surface area contributed by atoms with Crippen molar-refractivity contribution in [2.45, 2.75) is 118 Å². The number of fused-ring (bicyclic) bond motifs is 5. The zero-order chi connectivity index (χ0) is 23.1. The first-order valence-corrected chi connectivity index (χ1v) is 14.3. The van der Waals surface area contributed by atoms with Crippen LogP contribution >= 0.6 is 0 Å². The summed E-state index contributed by atoms with van der Waals surface area (Å²) in [5, 5.41) is 3.79. The summed E-state index contributed by atoms with van der Waals surface area (Å²) in [6.45, 7) is 19.0. The van der Waals surface area contributed by atoms with E-state index in [1.165, 1.54) is 76.2 Å². The molecule has 4 aliphatic rings. The molecule has 0 saturated heterocycles. The van der Waals surface area contributed by atoms with Crippen LogP contribution in [0.15, 0.2) is 12.2 Å². The summed E-state index contributed by atoms with van der Waals surface area (Å²) in [4.78, 5) is 0. The van der Waals surface area contributed by atoms with Gasteiger partial charge in [0.2, 0.25) is 0 Å². The second-order valence-electron chi connectivity index (χ2n) is 13.3. The van der Waals surface area contributed by atoms with Gasteiger partial charge in [0.25, 0.3) is 0 Å². The van der Waals surface area contributed by atoms with Gasteiger partial charge in [0.05, 0.1) is 0 Å². The highest BCUT2D eigenvalue weighted by Gasteiger charge is 2.64. The summed E-state index contributed by atoms with van der Waals surface area (Å²) in [5.41, 5.74) is 8.88. The fourth-order valence-corrected chi connectivity index (χ4v) is 9.88. The molecule has 2 heteroatoms. The van der Waals surface area contributed by atoms with Crippen molar-refractivity contribution in [1.29, 1.82) is 0 Å². The second kappa shape index (κ2) is 9.37. The maximum Gasteiger partial charge on any atom is 0.00770 e. The SMILES string of the molecule is C=C(CC)CCCC1CCC2C3CC(C)[C@@]4(C)CC(NCCN)CCC4(C)C3CCC12C. The lowest BCUT2D eigenvalue weighted by Crippen LogP contribution is -2.62. The lowest BCUT2D eigenvalue weighted by Gasteiger charge is -2.67. The molecule has 2 nitrogen and oxygen atoms in total. The van der Waals surface area contributed by atoms with E-state index in [2.05, 4.69) is 46.5 Å². The van der Waals surface area contributed by atoms with Gasteiger partial charge in [-0.2, -0.15) is 0 Å². The minimum atomic E-state index is 0.477. The van der Waals surface area contributed by atoms with Crippen molar-refractivity contribution in [3.8, 4) is 0 Å². The third kappa shape index (κ3) is 3.94. The monoisotopic (exact) mass is 442 g/mol. The van der Waals surface area contributed by atoms with Gasteiger partial charge in [-0.15, -0.1) is 0 Å². The minimum Gasteiger partial charge on any atom is -0.329 e. The molecule has 3 N–H and O–H groups in total. The Hall–Kier alpha value is -0.340. The molecule has 4 rings (SSSR count). The quantitative estimate of drug-likeness (QED) is 0.386. The topological polar surface area (TPSA) is 38.0 Å². The Kier molecular flexibility index (Phi) is 7.25. The van der Waals surface area contributed by atoms with Crippen LogP contribution in [0.3, 0.4) is 0 Å². The van der Waals surface area contributed by atoms with E-state index in [0.717, 1.165) is 49.1 Å². The molecule has 0 radical (unpaired) electrons. The largest absolute Gasteiger partial charge is 0.329 e. The number of nitrogens with one attached hydrogen (secondary N) is 1. The molecule has 8 unspecified atom stereocenters. The van der Waals surface area contributed by atoms with E-state index < -0.39 is 0 Å². The molecule has 0 aromatic heterocycles. The summed E-state index contributed by atoms with van der Waals surface area (Å²) in [6.07, 6.45) is 16.9. The van der Waals surface area contributed by atoms with E-state index in [4.69, 9.17) is 5.73 Å². The molecule has 9 atom stereocenters. The first-order valence-electron chi connectivity index (χ1n) is 14.3. The third-order valence-corrected chi connectivity index (χ3v) is 12.3. The van der Waals surface area contributed by atoms with Crippen LogP contribution in [0.2, 0.25) is 0 Å². The van der Waals surface area contributed by atoms with Crippen LogP contribution < -0.4 is 11.1 Å². The Morgan fingerprint density at radius 2 is 1.81 bits per heavy atom. The van der Waals surface area contributed by atoms with Crippen molar-refractivity contribution >= 4 is 0 Å². The van der Waals surface area contributed by atoms with Gasteiger partial charge in [-0.1, -0.05) is 46.8 Å². The lowest BCUT2D eigenvalue weighted by molar-refractivity contribution is -0.182. The first-order chi connectivity index (χ1) is 15.2. The Morgan fingerprint density at radius 3 is 2.53 bits per heavy atom. The van der Waals surface area contributed by atoms with Gasteiger partial charge < -0.3 is 11.1 Å². The highest BCUT2D eigenvalue weighted by molar-refractivity contribution is 5.14. The zero-order valence-electron chi connectivity index (χ0n) is 22.1. The maximum atomic E-state index is 5.81. The number of allylic oxidation sites excluding steroid dienone is 1. The number of hydrogen-bond acceptors (Lipinski definition) is 2. The average molecular weight is 443 g/mol. The standard InChI is InChI=1S/C30H54N2/c1-7-21(2)9-8-10-23-11-12-26-25-19-22(3)30(6)20-24(32-18-17-31)13-16-29(30,5)27(25)14-15-28(23,26)4/h22-27,32H,2,7-20,31H2,1,3-6H3/t22?,23?,24?,25?,26?,27?,28?,29?,30-/m1/s1. The Balaban J connectivity index is 1.49. The molecule has 32 heavy (non-hydrogen) atoms. The van der Waals surface area contributed by atoms with Crippen LogP contribution in [0.5, 0.6) is 0 Å². The molecule has 0 spiro atoms. The van der Waals surface area contributed by atoms with Gasteiger partial charge in [0.15, 0.2) is 0 Å². The van der Waals surface area contributed by atoms with Gasteiger partial charge in [0.1, 0.15) is 0 Å². The summed E-state index contributed by atoms with van der Waals surface area (Å²) in [7, 11) is 0. The van der Waals surface area contributed by atoms with Gasteiger partial charge in [0, 0.05) is 19.1 Å². The summed E-state index contributed by atoms with van der Waals surface area (Å²) >= 11 is 0. The molecule has 0 heterocycles. The van der Waals surface area contributed by atoms with Gasteiger partial charge in [-0.3, -0.25) is 0 Å². The van der Waals surface area contributed by atoms with E-state index >= 15 is 0 Å². The number of nitrogens with two attached hydrogens (primary N) is 1. The van der Waals surface area contributed by atoms with E-state index in [1.807, 2.05) is 0 Å². The van der Waals surface area contributed by atoms with Crippen molar-refractivity contribution in [3.63, 3.8) is 0 Å². The van der Waals surface area contributed by atoms with Crippen molar-refractivity contribution < 1.29 is 0 Å². The average Bonchev–Trinajstić information content (AvgIpc) is 3.10. The van der Waals surface area contributed by atoms with E-state index in [1.54, 1.807) is 0 Å². The van der Waals surface area contributed by atoms with Crippen molar-refractivity contribution in [1.82, 2.24) is 5.32 Å². The predicted molar refractivity (Wildman–Crippen MR) is 139 cm³/mol. The molecule has 0 aromatic rings. The zero-order valence-corrected chi connectivity index (χ0v) is 22.1. The highest BCUT2D eigenvalue weighted by Crippen LogP contribution is 2.72. The van der Waals surface area contributed by atoms with Crippen LogP contribution in [0, 0.1) is 45.8 Å². The van der Waals surface area contributed by atoms with Crippen LogP contribution in [0.1, 0.15) is 112 Å². The van der Waals surface area contributed by atoms with Crippen LogP contribution in [0.4, 0.5) is 0 Å². The maximum absolute atomic E-state index is 5.81. The molecule has 4 fully saturated rings. The summed E-state index contributed by atoms with van der Waals surface area (Å²) < 4.78 is 0. The normalized spacial score (nSPS) is 48.1. The van der Waals surface area contributed by atoms with Crippen molar-refractivity contribution in [3.05, 3.63) is 12.2 Å². The minimum absolute atomic E-state index is 0.477. The van der Waals surface area contributed by atoms with Crippen molar-refractivity contribution in [2.24, 2.45) is 51.6 Å². The van der Waals surface area contributed by atoms with E-state index in [-0.39, 0.29) is 0 Å². The van der Waals surface area contributed by atoms with Crippen LogP contribution in [0.25, 0.3) is 0 Å². The second-order valence-corrected chi connectivity index (χ2v) is 13.3. The Morgan fingerprint density at radius 1 is 1.03 bits per heavy atom. The molecule has 4 aliphatic carbocycles. The predicted octanol–water partition coefficient (Wildman–Crippen LogP) is 7.33. The van der Waals surface area contributed by atoms with Crippen LogP contribution in [-0.4, -0.2) is 19.1 Å². The highest BCUT2D eigenvalue weighted by atomic mass is 14.9. The van der Waals surface area contributed by atoms with Gasteiger partial charge in [-0.05, 0) is 123 Å².